The van der Waals surface area contributed by atoms with Gasteiger partial charge in [0, 0.05) is 31.0 Å². The van der Waals surface area contributed by atoms with E-state index in [4.69, 9.17) is 0 Å². The third-order valence-corrected chi connectivity index (χ3v) is 6.98. The Morgan fingerprint density at radius 1 is 0.800 bits per heavy atom. The average molecular weight is 466 g/mol. The molecule has 0 saturated carbocycles. The summed E-state index contributed by atoms with van der Waals surface area (Å²) in [6.07, 6.45) is 3.04. The smallest absolute Gasteiger partial charge is 0.278 e. The number of hydrogen-bond acceptors (Lipinski definition) is 4. The number of carbonyl (C=O) groups is 2. The molecule has 5 heteroatoms. The van der Waals surface area contributed by atoms with Crippen LogP contribution in [-0.4, -0.2) is 36.3 Å². The molecule has 3 aromatic carbocycles. The molecule has 0 bridgehead atoms. The maximum Gasteiger partial charge on any atom is 0.278 e. The maximum atomic E-state index is 13.4. The minimum absolute atomic E-state index is 0.251. The van der Waals surface area contributed by atoms with Gasteiger partial charge < -0.3 is 10.2 Å². The third-order valence-electron chi connectivity index (χ3n) is 6.98. The van der Waals surface area contributed by atoms with Crippen LogP contribution in [0.4, 0.5) is 11.4 Å². The van der Waals surface area contributed by atoms with E-state index in [9.17, 15) is 9.59 Å². The van der Waals surface area contributed by atoms with Crippen molar-refractivity contribution in [2.45, 2.75) is 26.2 Å². The van der Waals surface area contributed by atoms with Crippen LogP contribution >= 0.6 is 0 Å². The second kappa shape index (κ2) is 10.2. The molecule has 5 nitrogen and oxygen atoms in total. The van der Waals surface area contributed by atoms with Gasteiger partial charge in [0.2, 0.25) is 0 Å². The number of hydrogen-bond donors (Lipinski definition) is 1. The molecule has 1 N–H and O–H groups in total. The van der Waals surface area contributed by atoms with Crippen LogP contribution in [0.5, 0.6) is 0 Å². The highest BCUT2D eigenvalue weighted by atomic mass is 16.2. The summed E-state index contributed by atoms with van der Waals surface area (Å²) >= 11 is 0. The summed E-state index contributed by atoms with van der Waals surface area (Å²) in [4.78, 5) is 30.6. The van der Waals surface area contributed by atoms with E-state index in [1.54, 1.807) is 0 Å². The van der Waals surface area contributed by atoms with Crippen molar-refractivity contribution in [1.29, 1.82) is 0 Å². The summed E-state index contributed by atoms with van der Waals surface area (Å²) in [5.74, 6) is 0.254. The van der Waals surface area contributed by atoms with Gasteiger partial charge in [-0.3, -0.25) is 14.5 Å². The predicted molar refractivity (Wildman–Crippen MR) is 141 cm³/mol. The molecule has 0 spiro atoms. The van der Waals surface area contributed by atoms with E-state index >= 15 is 0 Å². The molecule has 1 fully saturated rings. The molecule has 178 valence electrons. The molecule has 0 aliphatic carbocycles. The maximum absolute atomic E-state index is 13.4. The van der Waals surface area contributed by atoms with Gasteiger partial charge in [0.05, 0.1) is 5.57 Å². The molecule has 3 aromatic rings. The van der Waals surface area contributed by atoms with Gasteiger partial charge in [0.15, 0.2) is 0 Å². The Bertz CT molecular complexity index is 1210. The number of amides is 2. The summed E-state index contributed by atoms with van der Waals surface area (Å²) in [7, 11) is 0. The normalized spacial score (nSPS) is 16.8. The molecule has 2 amide bonds. The van der Waals surface area contributed by atoms with Crippen molar-refractivity contribution < 1.29 is 9.59 Å². The number of rotatable bonds is 7. The zero-order valence-electron chi connectivity index (χ0n) is 20.1. The Morgan fingerprint density at radius 2 is 1.43 bits per heavy atom. The van der Waals surface area contributed by atoms with Crippen LogP contribution in [-0.2, 0) is 16.0 Å². The van der Waals surface area contributed by atoms with Gasteiger partial charge >= 0.3 is 0 Å². The van der Waals surface area contributed by atoms with Gasteiger partial charge in [0.25, 0.3) is 11.8 Å². The van der Waals surface area contributed by atoms with Crippen LogP contribution in [0.25, 0.3) is 5.57 Å². The lowest BCUT2D eigenvalue weighted by Crippen LogP contribution is -2.34. The Kier molecular flexibility index (Phi) is 6.66. The highest BCUT2D eigenvalue weighted by Gasteiger charge is 2.38. The van der Waals surface area contributed by atoms with Gasteiger partial charge in [-0.2, -0.15) is 0 Å². The number of anilines is 2. The monoisotopic (exact) mass is 465 g/mol. The summed E-state index contributed by atoms with van der Waals surface area (Å²) in [5, 5.41) is 3.28. The molecule has 0 aromatic heterocycles. The average Bonchev–Trinajstić information content (AvgIpc) is 3.13. The predicted octanol–water partition coefficient (Wildman–Crippen LogP) is 5.36. The van der Waals surface area contributed by atoms with Crippen molar-refractivity contribution in [1.82, 2.24) is 4.90 Å². The summed E-state index contributed by atoms with van der Waals surface area (Å²) in [6, 6.07) is 27.5. The first kappa shape index (κ1) is 22.9. The fraction of sp³-hybridized carbons (Fsp3) is 0.267. The van der Waals surface area contributed by atoms with Gasteiger partial charge in [-0.1, -0.05) is 67.6 Å². The van der Waals surface area contributed by atoms with E-state index in [1.165, 1.54) is 23.4 Å². The Morgan fingerprint density at radius 3 is 2.09 bits per heavy atom. The van der Waals surface area contributed by atoms with Crippen molar-refractivity contribution >= 4 is 28.8 Å². The van der Waals surface area contributed by atoms with Crippen molar-refractivity contribution in [2.24, 2.45) is 5.92 Å². The van der Waals surface area contributed by atoms with Crippen molar-refractivity contribution in [3.05, 3.63) is 102 Å². The van der Waals surface area contributed by atoms with Crippen molar-refractivity contribution in [2.75, 3.05) is 29.9 Å². The highest BCUT2D eigenvalue weighted by Crippen LogP contribution is 2.31. The van der Waals surface area contributed by atoms with E-state index in [2.05, 4.69) is 29.3 Å². The number of carbonyl (C=O) groups excluding carboxylic acids is 2. The van der Waals surface area contributed by atoms with Gasteiger partial charge in [-0.25, -0.2) is 0 Å². The van der Waals surface area contributed by atoms with E-state index in [0.29, 0.717) is 24.2 Å². The van der Waals surface area contributed by atoms with Crippen LogP contribution in [0.1, 0.15) is 30.9 Å². The lowest BCUT2D eigenvalue weighted by molar-refractivity contribution is -0.136. The van der Waals surface area contributed by atoms with Crippen LogP contribution in [0, 0.1) is 5.92 Å². The number of nitrogens with one attached hydrogen (secondary N) is 1. The van der Waals surface area contributed by atoms with Gasteiger partial charge in [-0.05, 0) is 60.6 Å². The quantitative estimate of drug-likeness (QED) is 0.478. The molecule has 2 aliphatic rings. The summed E-state index contributed by atoms with van der Waals surface area (Å²) in [6.45, 7) is 4.79. The molecule has 2 heterocycles. The molecule has 0 radical (unpaired) electrons. The van der Waals surface area contributed by atoms with E-state index in [-0.39, 0.29) is 11.8 Å². The zero-order valence-corrected chi connectivity index (χ0v) is 20.1. The lowest BCUT2D eigenvalue weighted by Gasteiger charge is -2.32. The van der Waals surface area contributed by atoms with Crippen LogP contribution in [0.15, 0.2) is 90.6 Å². The second-order valence-electron chi connectivity index (χ2n) is 9.46. The van der Waals surface area contributed by atoms with Gasteiger partial charge in [-0.15, -0.1) is 0 Å². The fourth-order valence-electron chi connectivity index (χ4n) is 4.82. The Hall–Kier alpha value is -3.86. The molecular weight excluding hydrogens is 434 g/mol. The molecule has 5 rings (SSSR count). The number of piperidine rings is 1. The van der Waals surface area contributed by atoms with E-state index in [0.717, 1.165) is 35.8 Å². The van der Waals surface area contributed by atoms with E-state index in [1.807, 2.05) is 72.8 Å². The van der Waals surface area contributed by atoms with Crippen LogP contribution in [0.2, 0.25) is 0 Å². The third kappa shape index (κ3) is 4.99. The minimum atomic E-state index is -0.279. The van der Waals surface area contributed by atoms with Gasteiger partial charge in [0.1, 0.15) is 5.70 Å². The number of nitrogens with zero attached hydrogens (tertiary/aromatic N) is 2. The lowest BCUT2D eigenvalue weighted by atomic mass is 9.99. The minimum Gasteiger partial charge on any atom is -0.372 e. The first-order valence-electron chi connectivity index (χ1n) is 12.4. The highest BCUT2D eigenvalue weighted by molar-refractivity contribution is 6.36. The summed E-state index contributed by atoms with van der Waals surface area (Å²) in [5.41, 5.74) is 4.60. The fourth-order valence-corrected chi connectivity index (χ4v) is 4.82. The van der Waals surface area contributed by atoms with E-state index < -0.39 is 0 Å². The number of imide groups is 1. The van der Waals surface area contributed by atoms with Crippen LogP contribution < -0.4 is 10.2 Å². The summed E-state index contributed by atoms with van der Waals surface area (Å²) < 4.78 is 0. The first-order valence-corrected chi connectivity index (χ1v) is 12.4. The molecule has 0 atom stereocenters. The number of benzene rings is 3. The Labute approximate surface area is 207 Å². The second-order valence-corrected chi connectivity index (χ2v) is 9.46. The largest absolute Gasteiger partial charge is 0.372 e. The molecular formula is C30H31N3O2. The molecule has 0 unspecified atom stereocenters. The van der Waals surface area contributed by atoms with Crippen molar-refractivity contribution in [3.8, 4) is 0 Å². The molecule has 1 saturated heterocycles. The SMILES string of the molecule is CC1CCN(c2ccc(NC3=C(c4ccccc4)C(=O)N(CCc4ccccc4)C3=O)cc2)CC1. The first-order chi connectivity index (χ1) is 17.1. The standard InChI is InChI=1S/C30H31N3O2/c1-22-16-19-32(20-17-22)26-14-12-25(13-15-26)31-28-27(24-10-6-3-7-11-24)29(34)33(30(28)35)21-18-23-8-4-2-5-9-23/h2-15,22,31H,16-21H2,1H3. The van der Waals surface area contributed by atoms with Crippen molar-refractivity contribution in [3.63, 3.8) is 0 Å². The van der Waals surface area contributed by atoms with Crippen LogP contribution in [0.3, 0.4) is 0 Å². The topological polar surface area (TPSA) is 52.7 Å². The molecule has 35 heavy (non-hydrogen) atoms. The zero-order chi connectivity index (χ0) is 24.2. The Balaban J connectivity index is 1.38. The molecule has 2 aliphatic heterocycles.